The van der Waals surface area contributed by atoms with Gasteiger partial charge in [0.1, 0.15) is 12.4 Å². The summed E-state index contributed by atoms with van der Waals surface area (Å²) in [4.78, 5) is 36.1. The Kier molecular flexibility index (Phi) is 3.14. The van der Waals surface area contributed by atoms with Crippen molar-refractivity contribution in [2.45, 2.75) is 6.92 Å². The van der Waals surface area contributed by atoms with Crippen molar-refractivity contribution in [2.24, 2.45) is 0 Å². The lowest BCUT2D eigenvalue weighted by molar-refractivity contribution is -0.118. The van der Waals surface area contributed by atoms with Crippen molar-refractivity contribution in [2.75, 3.05) is 6.61 Å². The number of ether oxygens (including phenoxy) is 1. The Morgan fingerprint density at radius 3 is 2.19 bits per heavy atom. The second-order valence-corrected chi connectivity index (χ2v) is 4.87. The molecule has 0 bridgehead atoms. The van der Waals surface area contributed by atoms with Gasteiger partial charge in [0.25, 0.3) is 0 Å². The first-order valence-corrected chi connectivity index (χ1v) is 6.53. The molecule has 2 aromatic rings. The lowest BCUT2D eigenvalue weighted by atomic mass is 9.83. The van der Waals surface area contributed by atoms with Gasteiger partial charge in [-0.25, -0.2) is 0 Å². The maximum absolute atomic E-state index is 12.6. The zero-order valence-electron chi connectivity index (χ0n) is 11.4. The van der Waals surface area contributed by atoms with Gasteiger partial charge in [0.2, 0.25) is 0 Å². The average Bonchev–Trinajstić information content (AvgIpc) is 2.50. The first-order chi connectivity index (χ1) is 10.1. The Balaban J connectivity index is 2.14. The number of rotatable bonds is 3. The number of carbonyl (C=O) groups is 3. The van der Waals surface area contributed by atoms with Crippen LogP contribution in [0.1, 0.15) is 38.8 Å². The van der Waals surface area contributed by atoms with Gasteiger partial charge in [0.15, 0.2) is 17.3 Å². The summed E-state index contributed by atoms with van der Waals surface area (Å²) in [7, 11) is 0. The molecule has 0 fully saturated rings. The van der Waals surface area contributed by atoms with Crippen LogP contribution in [0.25, 0.3) is 0 Å². The van der Waals surface area contributed by atoms with Crippen LogP contribution in [-0.2, 0) is 4.79 Å². The molecule has 0 unspecified atom stereocenters. The summed E-state index contributed by atoms with van der Waals surface area (Å²) in [6.07, 6.45) is 0. The van der Waals surface area contributed by atoms with Crippen LogP contribution in [0.15, 0.2) is 42.5 Å². The van der Waals surface area contributed by atoms with E-state index in [9.17, 15) is 14.4 Å². The van der Waals surface area contributed by atoms with E-state index in [1.807, 2.05) is 0 Å². The van der Waals surface area contributed by atoms with Crippen LogP contribution in [0, 0.1) is 0 Å². The van der Waals surface area contributed by atoms with Crippen molar-refractivity contribution < 1.29 is 19.1 Å². The van der Waals surface area contributed by atoms with E-state index in [1.165, 1.54) is 6.92 Å². The molecule has 4 heteroatoms. The second-order valence-electron chi connectivity index (χ2n) is 4.87. The summed E-state index contributed by atoms with van der Waals surface area (Å²) < 4.78 is 5.38. The molecule has 0 spiro atoms. The third-order valence-electron chi connectivity index (χ3n) is 3.35. The fourth-order valence-corrected chi connectivity index (χ4v) is 2.41. The van der Waals surface area contributed by atoms with Crippen LogP contribution < -0.4 is 4.74 Å². The number of carbonyl (C=O) groups excluding carboxylic acids is 3. The Labute approximate surface area is 121 Å². The van der Waals surface area contributed by atoms with Gasteiger partial charge in [-0.05, 0) is 13.0 Å². The lowest BCUT2D eigenvalue weighted by Gasteiger charge is -2.19. The van der Waals surface area contributed by atoms with Crippen molar-refractivity contribution in [3.8, 4) is 5.75 Å². The highest BCUT2D eigenvalue weighted by molar-refractivity contribution is 6.29. The molecule has 0 heterocycles. The van der Waals surface area contributed by atoms with Crippen molar-refractivity contribution in [1.82, 2.24) is 0 Å². The number of fused-ring (bicyclic) bond motifs is 2. The smallest absolute Gasteiger partial charge is 0.198 e. The number of hydrogen-bond donors (Lipinski definition) is 0. The minimum atomic E-state index is -0.251. The fraction of sp³-hybridized carbons (Fsp3) is 0.118. The minimum Gasteiger partial charge on any atom is -0.485 e. The molecule has 1 aliphatic carbocycles. The first-order valence-electron chi connectivity index (χ1n) is 6.53. The van der Waals surface area contributed by atoms with Crippen LogP contribution in [0.5, 0.6) is 5.75 Å². The van der Waals surface area contributed by atoms with E-state index in [2.05, 4.69) is 0 Å². The minimum absolute atomic E-state index is 0.125. The molecule has 0 atom stereocenters. The molecule has 4 nitrogen and oxygen atoms in total. The van der Waals surface area contributed by atoms with E-state index in [0.717, 1.165) is 0 Å². The largest absolute Gasteiger partial charge is 0.485 e. The average molecular weight is 280 g/mol. The topological polar surface area (TPSA) is 60.4 Å². The van der Waals surface area contributed by atoms with E-state index < -0.39 is 0 Å². The highest BCUT2D eigenvalue weighted by Gasteiger charge is 2.31. The Hall–Kier alpha value is -2.75. The third-order valence-corrected chi connectivity index (χ3v) is 3.35. The maximum atomic E-state index is 12.6. The predicted octanol–water partition coefficient (Wildman–Crippen LogP) is 2.43. The van der Waals surface area contributed by atoms with Crippen LogP contribution in [0.4, 0.5) is 0 Å². The molecule has 104 valence electrons. The van der Waals surface area contributed by atoms with Crippen molar-refractivity contribution >= 4 is 17.3 Å². The SMILES string of the molecule is CC(=O)COc1cccc2c1C(=O)c1ccccc1C2=O. The molecule has 1 aliphatic rings. The predicted molar refractivity (Wildman–Crippen MR) is 75.9 cm³/mol. The van der Waals surface area contributed by atoms with E-state index >= 15 is 0 Å². The molecule has 2 aromatic carbocycles. The molecule has 0 saturated heterocycles. The van der Waals surface area contributed by atoms with Gasteiger partial charge >= 0.3 is 0 Å². The molecule has 0 aliphatic heterocycles. The molecule has 0 amide bonds. The molecule has 21 heavy (non-hydrogen) atoms. The molecule has 0 saturated carbocycles. The molecular weight excluding hydrogens is 268 g/mol. The summed E-state index contributed by atoms with van der Waals surface area (Å²) in [5, 5.41) is 0. The van der Waals surface area contributed by atoms with Crippen LogP contribution in [-0.4, -0.2) is 24.0 Å². The quantitative estimate of drug-likeness (QED) is 0.739. The van der Waals surface area contributed by atoms with Gasteiger partial charge in [-0.1, -0.05) is 36.4 Å². The van der Waals surface area contributed by atoms with Gasteiger partial charge in [0, 0.05) is 16.7 Å². The summed E-state index contributed by atoms with van der Waals surface area (Å²) in [5.41, 5.74) is 1.33. The van der Waals surface area contributed by atoms with Crippen LogP contribution >= 0.6 is 0 Å². The second kappa shape index (κ2) is 4.98. The summed E-state index contributed by atoms with van der Waals surface area (Å²) in [5.74, 6) is -0.328. The van der Waals surface area contributed by atoms with E-state index in [4.69, 9.17) is 4.74 Å². The van der Waals surface area contributed by atoms with Crippen LogP contribution in [0.2, 0.25) is 0 Å². The number of ketones is 3. The monoisotopic (exact) mass is 280 g/mol. The van der Waals surface area contributed by atoms with Gasteiger partial charge in [-0.2, -0.15) is 0 Å². The zero-order chi connectivity index (χ0) is 15.0. The molecule has 3 rings (SSSR count). The highest BCUT2D eigenvalue weighted by Crippen LogP contribution is 2.33. The highest BCUT2D eigenvalue weighted by atomic mass is 16.5. The summed E-state index contributed by atoms with van der Waals surface area (Å²) >= 11 is 0. The number of benzene rings is 2. The number of Topliss-reactive ketones (excluding diaryl/α,β-unsaturated/α-hetero) is 1. The van der Waals surface area contributed by atoms with Gasteiger partial charge in [-0.15, -0.1) is 0 Å². The van der Waals surface area contributed by atoms with Crippen molar-refractivity contribution in [1.29, 1.82) is 0 Å². The van der Waals surface area contributed by atoms with E-state index in [1.54, 1.807) is 42.5 Å². The molecule has 0 N–H and O–H groups in total. The van der Waals surface area contributed by atoms with Gasteiger partial charge < -0.3 is 4.74 Å². The van der Waals surface area contributed by atoms with Crippen LogP contribution in [0.3, 0.4) is 0 Å². The Bertz CT molecular complexity index is 774. The zero-order valence-corrected chi connectivity index (χ0v) is 11.4. The van der Waals surface area contributed by atoms with Crippen molar-refractivity contribution in [3.05, 3.63) is 64.7 Å². The van der Waals surface area contributed by atoms with Gasteiger partial charge in [-0.3, -0.25) is 14.4 Å². The standard InChI is InChI=1S/C17H12O4/c1-10(18)9-21-14-8-4-7-13-15(14)17(20)12-6-3-2-5-11(12)16(13)19/h2-8H,9H2,1H3. The van der Waals surface area contributed by atoms with Crippen molar-refractivity contribution in [3.63, 3.8) is 0 Å². The number of hydrogen-bond acceptors (Lipinski definition) is 4. The lowest BCUT2D eigenvalue weighted by Crippen LogP contribution is -2.22. The summed E-state index contributed by atoms with van der Waals surface area (Å²) in [6, 6.07) is 11.6. The Morgan fingerprint density at radius 2 is 1.52 bits per heavy atom. The third kappa shape index (κ3) is 2.14. The fourth-order valence-electron chi connectivity index (χ4n) is 2.41. The molecular formula is C17H12O4. The molecule has 0 aromatic heterocycles. The summed E-state index contributed by atoms with van der Waals surface area (Å²) in [6.45, 7) is 1.28. The first kappa shape index (κ1) is 13.2. The van der Waals surface area contributed by atoms with Gasteiger partial charge in [0.05, 0.1) is 5.56 Å². The van der Waals surface area contributed by atoms with E-state index in [-0.39, 0.29) is 35.3 Å². The normalized spacial score (nSPS) is 12.6. The molecule has 0 radical (unpaired) electrons. The maximum Gasteiger partial charge on any atom is 0.198 e. The van der Waals surface area contributed by atoms with E-state index in [0.29, 0.717) is 16.7 Å². The Morgan fingerprint density at radius 1 is 0.905 bits per heavy atom.